The number of carbonyl (C=O) groups is 1. The summed E-state index contributed by atoms with van der Waals surface area (Å²) in [6, 6.07) is 3.64. The number of rotatable bonds is 4. The standard InChI is InChI=1S/C18H25N3O3/c1-10-6-7-15(24-10)11(2)19-18(22)14-8-9-23-17(14)16-12(3)20-21(5)13(16)4/h6-7,11,14,17H,8-9H2,1-5H3,(H,19,22)/t11-,14-,17-/m0/s1. The number of hydrogen-bond donors (Lipinski definition) is 1. The predicted molar refractivity (Wildman–Crippen MR) is 89.5 cm³/mol. The molecule has 0 bridgehead atoms. The quantitative estimate of drug-likeness (QED) is 0.935. The molecule has 1 fully saturated rings. The molecule has 6 heteroatoms. The molecule has 1 aliphatic heterocycles. The van der Waals surface area contributed by atoms with Crippen molar-refractivity contribution in [3.8, 4) is 0 Å². The number of nitrogens with zero attached hydrogens (tertiary/aromatic N) is 2. The van der Waals surface area contributed by atoms with E-state index < -0.39 is 0 Å². The molecule has 2 aromatic heterocycles. The van der Waals surface area contributed by atoms with Crippen molar-refractivity contribution in [3.63, 3.8) is 0 Å². The SMILES string of the molecule is Cc1ccc([C@H](C)NC(=O)[C@H]2CCO[C@@H]2c2c(C)nn(C)c2C)o1. The topological polar surface area (TPSA) is 69.3 Å². The monoisotopic (exact) mass is 331 g/mol. The van der Waals surface area contributed by atoms with Crippen LogP contribution in [0.3, 0.4) is 0 Å². The normalized spacial score (nSPS) is 21.9. The minimum Gasteiger partial charge on any atom is -0.464 e. The molecular formula is C18H25N3O3. The first-order chi connectivity index (χ1) is 11.4. The van der Waals surface area contributed by atoms with Gasteiger partial charge >= 0.3 is 0 Å². The molecule has 1 amide bonds. The van der Waals surface area contributed by atoms with E-state index in [0.29, 0.717) is 13.0 Å². The van der Waals surface area contributed by atoms with Crippen molar-refractivity contribution < 1.29 is 13.9 Å². The maximum atomic E-state index is 12.8. The van der Waals surface area contributed by atoms with E-state index in [4.69, 9.17) is 9.15 Å². The second kappa shape index (κ2) is 6.43. The highest BCUT2D eigenvalue weighted by atomic mass is 16.5. The summed E-state index contributed by atoms with van der Waals surface area (Å²) in [5.74, 6) is 1.41. The van der Waals surface area contributed by atoms with Crippen LogP contribution in [0.5, 0.6) is 0 Å². The van der Waals surface area contributed by atoms with E-state index >= 15 is 0 Å². The Morgan fingerprint density at radius 3 is 2.71 bits per heavy atom. The molecular weight excluding hydrogens is 306 g/mol. The van der Waals surface area contributed by atoms with Gasteiger partial charge in [0.25, 0.3) is 0 Å². The number of nitrogens with one attached hydrogen (secondary N) is 1. The van der Waals surface area contributed by atoms with Crippen molar-refractivity contribution in [3.05, 3.63) is 40.6 Å². The molecule has 0 aromatic carbocycles. The van der Waals surface area contributed by atoms with Crippen molar-refractivity contribution in [1.29, 1.82) is 0 Å². The summed E-state index contributed by atoms with van der Waals surface area (Å²) in [6.45, 7) is 8.40. The van der Waals surface area contributed by atoms with Gasteiger partial charge in [-0.15, -0.1) is 0 Å². The summed E-state index contributed by atoms with van der Waals surface area (Å²) in [4.78, 5) is 12.8. The highest BCUT2D eigenvalue weighted by molar-refractivity contribution is 5.80. The number of aryl methyl sites for hydroxylation is 3. The van der Waals surface area contributed by atoms with Crippen LogP contribution in [0.4, 0.5) is 0 Å². The Kier molecular flexibility index (Phi) is 4.49. The van der Waals surface area contributed by atoms with Gasteiger partial charge in [-0.05, 0) is 46.2 Å². The molecule has 3 rings (SSSR count). The Hall–Kier alpha value is -2.08. The van der Waals surface area contributed by atoms with Gasteiger partial charge in [0.15, 0.2) is 0 Å². The zero-order valence-electron chi connectivity index (χ0n) is 14.9. The Labute approximate surface area is 142 Å². The van der Waals surface area contributed by atoms with E-state index in [1.807, 2.05) is 51.6 Å². The average Bonchev–Trinajstić information content (AvgIpc) is 3.20. The van der Waals surface area contributed by atoms with E-state index in [0.717, 1.165) is 28.5 Å². The number of hydrogen-bond acceptors (Lipinski definition) is 4. The van der Waals surface area contributed by atoms with Crippen LogP contribution in [0.25, 0.3) is 0 Å². The van der Waals surface area contributed by atoms with Crippen LogP contribution in [-0.4, -0.2) is 22.3 Å². The number of aromatic nitrogens is 2. The molecule has 3 atom stereocenters. The molecule has 0 unspecified atom stereocenters. The van der Waals surface area contributed by atoms with Crippen LogP contribution < -0.4 is 5.32 Å². The van der Waals surface area contributed by atoms with Crippen molar-refractivity contribution in [2.45, 2.75) is 46.3 Å². The van der Waals surface area contributed by atoms with E-state index in [1.165, 1.54) is 0 Å². The second-order valence-corrected chi connectivity index (χ2v) is 6.57. The third kappa shape index (κ3) is 2.98. The lowest BCUT2D eigenvalue weighted by atomic mass is 9.93. The van der Waals surface area contributed by atoms with E-state index in [2.05, 4.69) is 10.4 Å². The van der Waals surface area contributed by atoms with E-state index in [-0.39, 0.29) is 24.0 Å². The summed E-state index contributed by atoms with van der Waals surface area (Å²) >= 11 is 0. The number of ether oxygens (including phenoxy) is 1. The number of furan rings is 1. The number of carbonyl (C=O) groups excluding carboxylic acids is 1. The summed E-state index contributed by atoms with van der Waals surface area (Å²) in [6.07, 6.45) is 0.484. The molecule has 6 nitrogen and oxygen atoms in total. The largest absolute Gasteiger partial charge is 0.464 e. The smallest absolute Gasteiger partial charge is 0.226 e. The highest BCUT2D eigenvalue weighted by Crippen LogP contribution is 2.38. The van der Waals surface area contributed by atoms with Gasteiger partial charge in [0.1, 0.15) is 11.5 Å². The lowest BCUT2D eigenvalue weighted by molar-refractivity contribution is -0.127. The Balaban J connectivity index is 1.76. The first-order valence-corrected chi connectivity index (χ1v) is 8.37. The maximum Gasteiger partial charge on any atom is 0.226 e. The van der Waals surface area contributed by atoms with Gasteiger partial charge in [0.05, 0.1) is 23.8 Å². The Morgan fingerprint density at radius 1 is 1.38 bits per heavy atom. The van der Waals surface area contributed by atoms with Gasteiger partial charge in [-0.3, -0.25) is 9.48 Å². The van der Waals surface area contributed by atoms with Gasteiger partial charge in [0, 0.05) is 24.9 Å². The van der Waals surface area contributed by atoms with Crippen molar-refractivity contribution in [2.75, 3.05) is 6.61 Å². The summed E-state index contributed by atoms with van der Waals surface area (Å²) < 4.78 is 13.3. The van der Waals surface area contributed by atoms with Crippen LogP contribution in [0.1, 0.15) is 54.0 Å². The molecule has 2 aromatic rings. The van der Waals surface area contributed by atoms with Crippen LogP contribution >= 0.6 is 0 Å². The first kappa shape index (κ1) is 16.8. The summed E-state index contributed by atoms with van der Waals surface area (Å²) in [7, 11) is 1.91. The van der Waals surface area contributed by atoms with Gasteiger partial charge in [0.2, 0.25) is 5.91 Å². The third-order valence-corrected chi connectivity index (χ3v) is 4.82. The molecule has 1 N–H and O–H groups in total. The molecule has 24 heavy (non-hydrogen) atoms. The zero-order valence-corrected chi connectivity index (χ0v) is 14.9. The summed E-state index contributed by atoms with van der Waals surface area (Å²) in [5.41, 5.74) is 3.01. The fourth-order valence-corrected chi connectivity index (χ4v) is 3.42. The van der Waals surface area contributed by atoms with Crippen LogP contribution in [0, 0.1) is 26.7 Å². The minimum absolute atomic E-state index is 0.00158. The Morgan fingerprint density at radius 2 is 2.12 bits per heavy atom. The van der Waals surface area contributed by atoms with Crippen molar-refractivity contribution in [1.82, 2.24) is 15.1 Å². The molecule has 0 aliphatic carbocycles. The Bertz CT molecular complexity index is 747. The van der Waals surface area contributed by atoms with E-state index in [9.17, 15) is 4.79 Å². The molecule has 3 heterocycles. The number of amides is 1. The average molecular weight is 331 g/mol. The molecule has 0 radical (unpaired) electrons. The predicted octanol–water partition coefficient (Wildman–Crippen LogP) is 2.89. The zero-order chi connectivity index (χ0) is 17.4. The summed E-state index contributed by atoms with van der Waals surface area (Å²) in [5, 5.41) is 7.51. The van der Waals surface area contributed by atoms with Gasteiger partial charge in [-0.2, -0.15) is 5.10 Å². The molecule has 130 valence electrons. The fourth-order valence-electron chi connectivity index (χ4n) is 3.42. The first-order valence-electron chi connectivity index (χ1n) is 8.37. The van der Waals surface area contributed by atoms with Gasteiger partial charge in [-0.1, -0.05) is 0 Å². The van der Waals surface area contributed by atoms with Gasteiger partial charge in [-0.25, -0.2) is 0 Å². The van der Waals surface area contributed by atoms with Crippen molar-refractivity contribution >= 4 is 5.91 Å². The molecule has 0 saturated carbocycles. The molecule has 1 aliphatic rings. The lowest BCUT2D eigenvalue weighted by Gasteiger charge is -2.21. The van der Waals surface area contributed by atoms with Crippen LogP contribution in [0.2, 0.25) is 0 Å². The fraction of sp³-hybridized carbons (Fsp3) is 0.556. The van der Waals surface area contributed by atoms with Crippen LogP contribution in [-0.2, 0) is 16.6 Å². The van der Waals surface area contributed by atoms with Gasteiger partial charge < -0.3 is 14.5 Å². The van der Waals surface area contributed by atoms with Crippen LogP contribution in [0.15, 0.2) is 16.5 Å². The molecule has 0 spiro atoms. The highest BCUT2D eigenvalue weighted by Gasteiger charge is 2.38. The van der Waals surface area contributed by atoms with Crippen molar-refractivity contribution in [2.24, 2.45) is 13.0 Å². The lowest BCUT2D eigenvalue weighted by Crippen LogP contribution is -2.34. The molecule has 1 saturated heterocycles. The maximum absolute atomic E-state index is 12.8. The minimum atomic E-state index is -0.232. The third-order valence-electron chi connectivity index (χ3n) is 4.82. The van der Waals surface area contributed by atoms with E-state index in [1.54, 1.807) is 0 Å². The second-order valence-electron chi connectivity index (χ2n) is 6.57.